The maximum atomic E-state index is 13.6. The highest BCUT2D eigenvalue weighted by molar-refractivity contribution is 5.84. The number of hydrogen-bond donors (Lipinski definition) is 1. The molecule has 0 radical (unpaired) electrons. The van der Waals surface area contributed by atoms with Crippen molar-refractivity contribution in [2.75, 3.05) is 11.9 Å². The first-order chi connectivity index (χ1) is 13.4. The summed E-state index contributed by atoms with van der Waals surface area (Å²) in [5.74, 6) is -2.61. The third-order valence-electron chi connectivity index (χ3n) is 5.97. The Labute approximate surface area is 166 Å². The van der Waals surface area contributed by atoms with Gasteiger partial charge in [0.1, 0.15) is 5.82 Å². The Morgan fingerprint density at radius 3 is 2.52 bits per heavy atom. The van der Waals surface area contributed by atoms with Crippen LogP contribution < -0.4 is 5.32 Å². The van der Waals surface area contributed by atoms with E-state index in [1.54, 1.807) is 7.05 Å². The molecule has 1 atom stereocenters. The van der Waals surface area contributed by atoms with Crippen LogP contribution in [0.3, 0.4) is 0 Å². The summed E-state index contributed by atoms with van der Waals surface area (Å²) in [6.07, 6.45) is -1.80. The second kappa shape index (κ2) is 7.75. The van der Waals surface area contributed by atoms with Gasteiger partial charge >= 0.3 is 12.3 Å². The van der Waals surface area contributed by atoms with Gasteiger partial charge in [-0.3, -0.25) is 10.00 Å². The van der Waals surface area contributed by atoms with Gasteiger partial charge in [0.15, 0.2) is 6.61 Å². The highest BCUT2D eigenvalue weighted by Gasteiger charge is 2.41. The molecule has 2 saturated carbocycles. The van der Waals surface area contributed by atoms with Gasteiger partial charge in [0.25, 0.3) is 0 Å². The average Bonchev–Trinajstić information content (AvgIpc) is 3.04. The van der Waals surface area contributed by atoms with Crippen LogP contribution in [0.1, 0.15) is 56.7 Å². The molecule has 5 nitrogen and oxygen atoms in total. The molecular weight excluding hydrogens is 397 g/mol. The van der Waals surface area contributed by atoms with Gasteiger partial charge < -0.3 is 4.74 Å². The zero-order valence-electron chi connectivity index (χ0n) is 16.5. The van der Waals surface area contributed by atoms with Crippen LogP contribution in [0.2, 0.25) is 0 Å². The van der Waals surface area contributed by atoms with E-state index < -0.39 is 24.8 Å². The highest BCUT2D eigenvalue weighted by Crippen LogP contribution is 2.46. The number of carbonyl (C=O) groups excluding carboxylic acids is 1. The highest BCUT2D eigenvalue weighted by atomic mass is 19.4. The Morgan fingerprint density at radius 2 is 2.00 bits per heavy atom. The SMILES string of the molecule is Cn1nc(CC2CCC(F)(F)C2)c(CC2(C)CCC2)c1NC(=O)OCC(F)(F)F. The number of amides is 1. The molecule has 0 spiro atoms. The molecule has 1 unspecified atom stereocenters. The Hall–Kier alpha value is -1.87. The van der Waals surface area contributed by atoms with E-state index in [0.717, 1.165) is 19.3 Å². The van der Waals surface area contributed by atoms with Gasteiger partial charge in [-0.1, -0.05) is 13.3 Å². The van der Waals surface area contributed by atoms with Crippen LogP contribution in [0.15, 0.2) is 0 Å². The molecule has 0 bridgehead atoms. The smallest absolute Gasteiger partial charge is 0.422 e. The summed E-state index contributed by atoms with van der Waals surface area (Å²) in [5.41, 5.74) is 1.33. The molecule has 1 N–H and O–H groups in total. The molecule has 164 valence electrons. The van der Waals surface area contributed by atoms with Crippen LogP contribution in [0, 0.1) is 11.3 Å². The minimum absolute atomic E-state index is 0.00367. The molecule has 3 rings (SSSR count). The van der Waals surface area contributed by atoms with Crippen molar-refractivity contribution in [3.05, 3.63) is 11.3 Å². The van der Waals surface area contributed by atoms with E-state index in [2.05, 4.69) is 22.1 Å². The van der Waals surface area contributed by atoms with Crippen molar-refractivity contribution >= 4 is 11.9 Å². The molecule has 1 aromatic heterocycles. The second-order valence-electron chi connectivity index (χ2n) is 8.72. The lowest BCUT2D eigenvalue weighted by Gasteiger charge is -2.38. The second-order valence-corrected chi connectivity index (χ2v) is 8.72. The van der Waals surface area contributed by atoms with Crippen LogP contribution in [-0.2, 0) is 24.6 Å². The van der Waals surface area contributed by atoms with Crippen LogP contribution in [0.25, 0.3) is 0 Å². The lowest BCUT2D eigenvalue weighted by molar-refractivity contribution is -0.159. The van der Waals surface area contributed by atoms with Crippen molar-refractivity contribution in [2.24, 2.45) is 18.4 Å². The zero-order valence-corrected chi connectivity index (χ0v) is 16.5. The van der Waals surface area contributed by atoms with Gasteiger partial charge in [-0.05, 0) is 43.4 Å². The summed E-state index contributed by atoms with van der Waals surface area (Å²) < 4.78 is 69.7. The van der Waals surface area contributed by atoms with Crippen LogP contribution in [0.5, 0.6) is 0 Å². The molecule has 1 aromatic rings. The molecule has 10 heteroatoms. The van der Waals surface area contributed by atoms with Gasteiger partial charge in [-0.15, -0.1) is 0 Å². The standard InChI is InChI=1S/C19H26F5N3O2/c1-17(5-3-6-17)10-13-14(8-12-4-7-18(20,21)9-12)26-27(2)15(13)25-16(28)29-11-19(22,23)24/h12H,3-11H2,1-2H3,(H,25,28). The minimum atomic E-state index is -4.62. The molecular formula is C19H26F5N3O2. The summed E-state index contributed by atoms with van der Waals surface area (Å²) in [4.78, 5) is 11.9. The fraction of sp³-hybridized carbons (Fsp3) is 0.789. The molecule has 1 heterocycles. The molecule has 2 aliphatic rings. The fourth-order valence-electron chi connectivity index (χ4n) is 4.28. The molecule has 29 heavy (non-hydrogen) atoms. The number of carbonyl (C=O) groups is 1. The van der Waals surface area contributed by atoms with E-state index in [9.17, 15) is 26.7 Å². The number of alkyl halides is 5. The van der Waals surface area contributed by atoms with Crippen LogP contribution in [0.4, 0.5) is 32.6 Å². The lowest BCUT2D eigenvalue weighted by atomic mass is 9.67. The first-order valence-corrected chi connectivity index (χ1v) is 9.79. The third-order valence-corrected chi connectivity index (χ3v) is 5.97. The van der Waals surface area contributed by atoms with E-state index in [1.165, 1.54) is 4.68 Å². The number of ether oxygens (including phenoxy) is 1. The fourth-order valence-corrected chi connectivity index (χ4v) is 4.28. The lowest BCUT2D eigenvalue weighted by Crippen LogP contribution is -2.29. The van der Waals surface area contributed by atoms with Crippen LogP contribution in [-0.4, -0.2) is 34.6 Å². The van der Waals surface area contributed by atoms with Crippen LogP contribution >= 0.6 is 0 Å². The maximum absolute atomic E-state index is 13.6. The molecule has 2 fully saturated rings. The summed E-state index contributed by atoms with van der Waals surface area (Å²) >= 11 is 0. The summed E-state index contributed by atoms with van der Waals surface area (Å²) in [6, 6.07) is 0. The summed E-state index contributed by atoms with van der Waals surface area (Å²) in [5, 5.41) is 6.78. The number of halogens is 5. The maximum Gasteiger partial charge on any atom is 0.422 e. The van der Waals surface area contributed by atoms with Gasteiger partial charge in [-0.25, -0.2) is 13.6 Å². The molecule has 1 amide bonds. The largest absolute Gasteiger partial charge is 0.440 e. The number of anilines is 1. The molecule has 0 saturated heterocycles. The van der Waals surface area contributed by atoms with Crippen molar-refractivity contribution in [1.82, 2.24) is 9.78 Å². The van der Waals surface area contributed by atoms with Crippen molar-refractivity contribution in [1.29, 1.82) is 0 Å². The van der Waals surface area contributed by atoms with Crippen molar-refractivity contribution in [3.8, 4) is 0 Å². The third kappa shape index (κ3) is 5.60. The van der Waals surface area contributed by atoms with Crippen molar-refractivity contribution < 1.29 is 31.5 Å². The number of aryl methyl sites for hydroxylation is 1. The monoisotopic (exact) mass is 423 g/mol. The molecule has 0 aliphatic heterocycles. The molecule has 2 aliphatic carbocycles. The predicted molar refractivity (Wildman–Crippen MR) is 95.9 cm³/mol. The number of rotatable bonds is 6. The predicted octanol–water partition coefficient (Wildman–Crippen LogP) is 5.24. The van der Waals surface area contributed by atoms with Gasteiger partial charge in [0, 0.05) is 25.5 Å². The first kappa shape index (κ1) is 21.8. The Bertz CT molecular complexity index is 756. The quantitative estimate of drug-likeness (QED) is 0.637. The number of nitrogens with one attached hydrogen (secondary N) is 1. The Morgan fingerprint density at radius 1 is 1.31 bits per heavy atom. The van der Waals surface area contributed by atoms with E-state index in [1.807, 2.05) is 0 Å². The van der Waals surface area contributed by atoms with E-state index >= 15 is 0 Å². The van der Waals surface area contributed by atoms with E-state index in [0.29, 0.717) is 30.5 Å². The number of aromatic nitrogens is 2. The average molecular weight is 423 g/mol. The number of nitrogens with zero attached hydrogens (tertiary/aromatic N) is 2. The Kier molecular flexibility index (Phi) is 5.84. The van der Waals surface area contributed by atoms with Crippen molar-refractivity contribution in [2.45, 2.75) is 70.4 Å². The topological polar surface area (TPSA) is 56.2 Å². The summed E-state index contributed by atoms with van der Waals surface area (Å²) in [7, 11) is 1.57. The van der Waals surface area contributed by atoms with E-state index in [4.69, 9.17) is 0 Å². The minimum Gasteiger partial charge on any atom is -0.440 e. The normalized spacial score (nSPS) is 22.9. The first-order valence-electron chi connectivity index (χ1n) is 9.79. The molecule has 0 aromatic carbocycles. The Balaban J connectivity index is 1.79. The van der Waals surface area contributed by atoms with E-state index in [-0.39, 0.29) is 30.0 Å². The van der Waals surface area contributed by atoms with Gasteiger partial charge in [0.2, 0.25) is 5.92 Å². The van der Waals surface area contributed by atoms with Gasteiger partial charge in [-0.2, -0.15) is 18.3 Å². The van der Waals surface area contributed by atoms with Gasteiger partial charge in [0.05, 0.1) is 5.69 Å². The zero-order chi connectivity index (χ0) is 21.4. The summed E-state index contributed by atoms with van der Waals surface area (Å²) in [6.45, 7) is 0.413. The van der Waals surface area contributed by atoms with Crippen molar-refractivity contribution in [3.63, 3.8) is 0 Å². The number of hydrogen-bond acceptors (Lipinski definition) is 3.